The molecular weight excluding hydrogens is 340 g/mol. The molecule has 0 unspecified atom stereocenters. The van der Waals surface area contributed by atoms with E-state index in [1.165, 1.54) is 11.5 Å². The molecule has 0 aliphatic rings. The van der Waals surface area contributed by atoms with Gasteiger partial charge in [0.1, 0.15) is 5.82 Å². The molecule has 3 heteroatoms. The Morgan fingerprint density at radius 1 is 0.944 bits per heavy atom. The molecule has 0 radical (unpaired) electrons. The summed E-state index contributed by atoms with van der Waals surface area (Å²) >= 11 is 2.27. The van der Waals surface area contributed by atoms with Crippen LogP contribution in [0.2, 0.25) is 0 Å². The predicted octanol–water partition coefficient (Wildman–Crippen LogP) is 4.65. The zero-order valence-corrected chi connectivity index (χ0v) is 11.6. The Hall–Kier alpha value is -1.49. The summed E-state index contributed by atoms with van der Waals surface area (Å²) in [6, 6.07) is 12.7. The number of pyridine rings is 1. The largest absolute Gasteiger partial charge is 0.263 e. The lowest BCUT2D eigenvalue weighted by atomic mass is 10.0. The Kier molecular flexibility index (Phi) is 2.99. The Morgan fingerprint density at radius 2 is 1.78 bits per heavy atom. The fraction of sp³-hybridized carbons (Fsp3) is 0. The first-order valence-electron chi connectivity index (χ1n) is 5.53. The minimum Gasteiger partial charge on any atom is -0.263 e. The van der Waals surface area contributed by atoms with Gasteiger partial charge in [0.15, 0.2) is 0 Å². The van der Waals surface area contributed by atoms with E-state index < -0.39 is 0 Å². The second kappa shape index (κ2) is 4.65. The lowest BCUT2D eigenvalue weighted by Crippen LogP contribution is -1.84. The van der Waals surface area contributed by atoms with Crippen LogP contribution < -0.4 is 0 Å². The lowest BCUT2D eigenvalue weighted by molar-refractivity contribution is 0.628. The number of benzene rings is 2. The summed E-state index contributed by atoms with van der Waals surface area (Å²) in [5, 5.41) is 2.24. The fourth-order valence-electron chi connectivity index (χ4n) is 1.99. The van der Waals surface area contributed by atoms with Crippen molar-refractivity contribution in [2.75, 3.05) is 0 Å². The normalized spacial score (nSPS) is 10.8. The van der Waals surface area contributed by atoms with Crippen molar-refractivity contribution in [2.24, 2.45) is 0 Å². The number of nitrogens with zero attached hydrogens (tertiary/aromatic N) is 1. The highest BCUT2D eigenvalue weighted by atomic mass is 127. The van der Waals surface area contributed by atoms with Gasteiger partial charge < -0.3 is 0 Å². The maximum atomic E-state index is 13.2. The third kappa shape index (κ3) is 2.10. The first kappa shape index (κ1) is 11.6. The molecule has 3 aromatic rings. The number of rotatable bonds is 1. The molecule has 0 N–H and O–H groups in total. The van der Waals surface area contributed by atoms with Crippen LogP contribution >= 0.6 is 22.6 Å². The van der Waals surface area contributed by atoms with Crippen LogP contribution in [0.1, 0.15) is 0 Å². The van der Waals surface area contributed by atoms with Gasteiger partial charge in [0.05, 0.1) is 0 Å². The predicted molar refractivity (Wildman–Crippen MR) is 79.9 cm³/mol. The average molecular weight is 349 g/mol. The van der Waals surface area contributed by atoms with Crippen LogP contribution in [0.3, 0.4) is 0 Å². The van der Waals surface area contributed by atoms with Gasteiger partial charge >= 0.3 is 0 Å². The summed E-state index contributed by atoms with van der Waals surface area (Å²) in [4.78, 5) is 4.18. The summed E-state index contributed by atoms with van der Waals surface area (Å²) in [6.45, 7) is 0. The monoisotopic (exact) mass is 349 g/mol. The van der Waals surface area contributed by atoms with Crippen molar-refractivity contribution < 1.29 is 4.39 Å². The van der Waals surface area contributed by atoms with Crippen molar-refractivity contribution in [3.63, 3.8) is 0 Å². The maximum absolute atomic E-state index is 13.2. The molecule has 1 aromatic heterocycles. The summed E-state index contributed by atoms with van der Waals surface area (Å²) in [5.41, 5.74) is 1.89. The molecule has 0 saturated carbocycles. The van der Waals surface area contributed by atoms with Crippen LogP contribution in [-0.2, 0) is 0 Å². The van der Waals surface area contributed by atoms with E-state index in [1.807, 2.05) is 30.6 Å². The Balaban J connectivity index is 2.20. The zero-order valence-electron chi connectivity index (χ0n) is 9.40. The second-order valence-electron chi connectivity index (χ2n) is 4.07. The van der Waals surface area contributed by atoms with Crippen LogP contribution in [0, 0.1) is 9.39 Å². The van der Waals surface area contributed by atoms with E-state index >= 15 is 0 Å². The van der Waals surface area contributed by atoms with Gasteiger partial charge in [-0.15, -0.1) is 0 Å². The van der Waals surface area contributed by atoms with Crippen LogP contribution in [0.25, 0.3) is 21.9 Å². The highest BCUT2D eigenvalue weighted by Gasteiger charge is 2.03. The quantitative estimate of drug-likeness (QED) is 0.583. The van der Waals surface area contributed by atoms with Gasteiger partial charge in [-0.05, 0) is 57.3 Å². The van der Waals surface area contributed by atoms with Crippen molar-refractivity contribution in [2.45, 2.75) is 0 Å². The zero-order chi connectivity index (χ0) is 12.5. The molecule has 2 aromatic carbocycles. The van der Waals surface area contributed by atoms with Crippen LogP contribution in [0.15, 0.2) is 54.9 Å². The minimum atomic E-state index is -0.214. The van der Waals surface area contributed by atoms with Crippen molar-refractivity contribution in [1.82, 2.24) is 4.98 Å². The molecule has 1 heterocycles. The smallest absolute Gasteiger partial charge is 0.123 e. The third-order valence-corrected chi connectivity index (χ3v) is 3.73. The molecule has 0 saturated heterocycles. The molecule has 3 rings (SSSR count). The standard InChI is InChI=1S/C15H9FIN/c16-13-3-1-2-10(7-13)11-4-5-14-12(6-11)8-18-9-15(14)17/h1-9H. The van der Waals surface area contributed by atoms with Gasteiger partial charge in [0.25, 0.3) is 0 Å². The van der Waals surface area contributed by atoms with E-state index in [9.17, 15) is 4.39 Å². The van der Waals surface area contributed by atoms with Gasteiger partial charge in [-0.3, -0.25) is 4.98 Å². The van der Waals surface area contributed by atoms with Crippen LogP contribution in [0.4, 0.5) is 4.39 Å². The molecule has 0 spiro atoms. The molecule has 0 aliphatic carbocycles. The first-order chi connectivity index (χ1) is 8.74. The Labute approximate surface area is 118 Å². The lowest BCUT2D eigenvalue weighted by Gasteiger charge is -2.05. The number of hydrogen-bond acceptors (Lipinski definition) is 1. The second-order valence-corrected chi connectivity index (χ2v) is 5.23. The first-order valence-corrected chi connectivity index (χ1v) is 6.61. The molecule has 1 nitrogen and oxygen atoms in total. The summed E-state index contributed by atoms with van der Waals surface area (Å²) in [5.74, 6) is -0.214. The number of halogens is 2. The van der Waals surface area contributed by atoms with Crippen molar-refractivity contribution >= 4 is 33.4 Å². The Bertz CT molecular complexity index is 725. The average Bonchev–Trinajstić information content (AvgIpc) is 2.39. The topological polar surface area (TPSA) is 12.9 Å². The molecule has 0 bridgehead atoms. The minimum absolute atomic E-state index is 0.214. The molecule has 18 heavy (non-hydrogen) atoms. The molecule has 0 aliphatic heterocycles. The van der Waals surface area contributed by atoms with Crippen molar-refractivity contribution in [3.8, 4) is 11.1 Å². The van der Waals surface area contributed by atoms with E-state index in [0.717, 1.165) is 20.1 Å². The molecule has 0 amide bonds. The van der Waals surface area contributed by atoms with E-state index in [1.54, 1.807) is 12.1 Å². The molecule has 88 valence electrons. The summed E-state index contributed by atoms with van der Waals surface area (Å²) in [7, 11) is 0. The third-order valence-electron chi connectivity index (χ3n) is 2.87. The van der Waals surface area contributed by atoms with Gasteiger partial charge in [0, 0.05) is 21.4 Å². The van der Waals surface area contributed by atoms with Gasteiger partial charge in [-0.2, -0.15) is 0 Å². The van der Waals surface area contributed by atoms with Crippen molar-refractivity contribution in [3.05, 3.63) is 64.2 Å². The van der Waals surface area contributed by atoms with Crippen LogP contribution in [0.5, 0.6) is 0 Å². The number of hydrogen-bond donors (Lipinski definition) is 0. The molecule has 0 atom stereocenters. The molecule has 0 fully saturated rings. The van der Waals surface area contributed by atoms with E-state index in [-0.39, 0.29) is 5.82 Å². The van der Waals surface area contributed by atoms with Crippen LogP contribution in [-0.4, -0.2) is 4.98 Å². The van der Waals surface area contributed by atoms with Gasteiger partial charge in [-0.25, -0.2) is 4.39 Å². The number of fused-ring (bicyclic) bond motifs is 1. The number of aromatic nitrogens is 1. The van der Waals surface area contributed by atoms with E-state index in [2.05, 4.69) is 33.6 Å². The highest BCUT2D eigenvalue weighted by Crippen LogP contribution is 2.26. The van der Waals surface area contributed by atoms with Crippen molar-refractivity contribution in [1.29, 1.82) is 0 Å². The van der Waals surface area contributed by atoms with Gasteiger partial charge in [0.2, 0.25) is 0 Å². The van der Waals surface area contributed by atoms with E-state index in [4.69, 9.17) is 0 Å². The molecular formula is C15H9FIN. The maximum Gasteiger partial charge on any atom is 0.123 e. The summed E-state index contributed by atoms with van der Waals surface area (Å²) < 4.78 is 14.3. The highest BCUT2D eigenvalue weighted by molar-refractivity contribution is 14.1. The van der Waals surface area contributed by atoms with E-state index in [0.29, 0.717) is 0 Å². The fourth-order valence-corrected chi connectivity index (χ4v) is 2.64. The Morgan fingerprint density at radius 3 is 2.61 bits per heavy atom. The summed E-state index contributed by atoms with van der Waals surface area (Å²) in [6.07, 6.45) is 3.67. The SMILES string of the molecule is Fc1cccc(-c2ccc3c(I)cncc3c2)c1. The van der Waals surface area contributed by atoms with Gasteiger partial charge in [-0.1, -0.05) is 24.3 Å².